The van der Waals surface area contributed by atoms with E-state index in [4.69, 9.17) is 4.74 Å². The highest BCUT2D eigenvalue weighted by molar-refractivity contribution is 5.98. The van der Waals surface area contributed by atoms with Gasteiger partial charge in [0.2, 0.25) is 0 Å². The number of amides is 1. The first-order valence-corrected chi connectivity index (χ1v) is 6.87. The highest BCUT2D eigenvalue weighted by atomic mass is 16.5. The van der Waals surface area contributed by atoms with Gasteiger partial charge in [-0.15, -0.1) is 0 Å². The fourth-order valence-corrected chi connectivity index (χ4v) is 1.83. The first kappa shape index (κ1) is 16.8. The molecule has 1 rings (SSSR count). The highest BCUT2D eigenvalue weighted by Crippen LogP contribution is 2.19. The van der Waals surface area contributed by atoms with Crippen molar-refractivity contribution in [2.45, 2.75) is 26.3 Å². The number of ether oxygens (including phenoxy) is 1. The first-order chi connectivity index (χ1) is 10.0. The average molecular weight is 291 g/mol. The number of nitrogens with one attached hydrogen (secondary N) is 1. The van der Waals surface area contributed by atoms with Crippen molar-refractivity contribution in [3.05, 3.63) is 42.5 Å². The molecule has 5 nitrogen and oxygen atoms in total. The van der Waals surface area contributed by atoms with Crippen LogP contribution in [0.2, 0.25) is 0 Å². The second kappa shape index (κ2) is 8.09. The van der Waals surface area contributed by atoms with Gasteiger partial charge in [0.25, 0.3) is 5.91 Å². The van der Waals surface area contributed by atoms with Crippen molar-refractivity contribution in [3.63, 3.8) is 0 Å². The topological polar surface area (TPSA) is 75.6 Å². The van der Waals surface area contributed by atoms with Crippen molar-refractivity contribution in [3.8, 4) is 5.75 Å². The molecule has 0 saturated carbocycles. The fourth-order valence-electron chi connectivity index (χ4n) is 1.83. The van der Waals surface area contributed by atoms with Crippen molar-refractivity contribution >= 4 is 11.9 Å². The van der Waals surface area contributed by atoms with Crippen LogP contribution in [0.4, 0.5) is 0 Å². The lowest BCUT2D eigenvalue weighted by Gasteiger charge is -2.20. The molecule has 21 heavy (non-hydrogen) atoms. The van der Waals surface area contributed by atoms with Gasteiger partial charge in [0.05, 0.1) is 5.56 Å². The molecule has 0 aliphatic rings. The van der Waals surface area contributed by atoms with E-state index in [-0.39, 0.29) is 12.5 Å². The lowest BCUT2D eigenvalue weighted by atomic mass is 9.99. The summed E-state index contributed by atoms with van der Waals surface area (Å²) in [5.41, 5.74) is 0.314. The Morgan fingerprint density at radius 3 is 2.67 bits per heavy atom. The smallest absolute Gasteiger partial charge is 0.326 e. The summed E-state index contributed by atoms with van der Waals surface area (Å²) in [6.45, 7) is 7.50. The van der Waals surface area contributed by atoms with E-state index in [0.29, 0.717) is 17.7 Å². The van der Waals surface area contributed by atoms with Crippen molar-refractivity contribution in [1.82, 2.24) is 5.32 Å². The number of carbonyl (C=O) groups excluding carboxylic acids is 1. The summed E-state index contributed by atoms with van der Waals surface area (Å²) in [6, 6.07) is 5.79. The van der Waals surface area contributed by atoms with E-state index in [0.717, 1.165) is 0 Å². The molecule has 0 spiro atoms. The zero-order valence-electron chi connectivity index (χ0n) is 12.3. The van der Waals surface area contributed by atoms with E-state index >= 15 is 0 Å². The normalized spacial score (nSPS) is 13.0. The molecule has 0 saturated heterocycles. The minimum atomic E-state index is -1.04. The molecular weight excluding hydrogens is 270 g/mol. The lowest BCUT2D eigenvalue weighted by Crippen LogP contribution is -2.45. The van der Waals surface area contributed by atoms with Crippen LogP contribution >= 0.6 is 0 Å². The van der Waals surface area contributed by atoms with Gasteiger partial charge in [-0.3, -0.25) is 4.79 Å². The molecule has 114 valence electrons. The molecule has 1 aromatic rings. The summed E-state index contributed by atoms with van der Waals surface area (Å²) >= 11 is 0. The zero-order chi connectivity index (χ0) is 15.8. The van der Waals surface area contributed by atoms with Gasteiger partial charge in [0.1, 0.15) is 18.4 Å². The SMILES string of the molecule is C=CCOc1ccccc1C(=O)N[C@H](C(=O)O)C(C)CC. The van der Waals surface area contributed by atoms with Gasteiger partial charge >= 0.3 is 5.97 Å². The minimum Gasteiger partial charge on any atom is -0.489 e. The van der Waals surface area contributed by atoms with Gasteiger partial charge in [-0.2, -0.15) is 0 Å². The Morgan fingerprint density at radius 1 is 1.43 bits per heavy atom. The van der Waals surface area contributed by atoms with Gasteiger partial charge in [0.15, 0.2) is 0 Å². The lowest BCUT2D eigenvalue weighted by molar-refractivity contribution is -0.140. The molecule has 1 amide bonds. The van der Waals surface area contributed by atoms with Crippen molar-refractivity contribution in [2.75, 3.05) is 6.61 Å². The van der Waals surface area contributed by atoms with E-state index in [2.05, 4.69) is 11.9 Å². The van der Waals surface area contributed by atoms with Crippen LogP contribution in [0.3, 0.4) is 0 Å². The van der Waals surface area contributed by atoms with E-state index in [1.165, 1.54) is 0 Å². The minimum absolute atomic E-state index is 0.160. The number of carboxylic acids is 1. The van der Waals surface area contributed by atoms with Crippen LogP contribution in [-0.4, -0.2) is 29.6 Å². The molecule has 2 atom stereocenters. The summed E-state index contributed by atoms with van der Waals surface area (Å²) in [5.74, 6) is -1.25. The molecule has 0 bridgehead atoms. The third kappa shape index (κ3) is 4.63. The van der Waals surface area contributed by atoms with Crippen LogP contribution in [-0.2, 0) is 4.79 Å². The summed E-state index contributed by atoms with van der Waals surface area (Å²) in [6.07, 6.45) is 2.24. The molecule has 0 heterocycles. The van der Waals surface area contributed by atoms with E-state index < -0.39 is 17.9 Å². The number of hydrogen-bond acceptors (Lipinski definition) is 3. The number of carboxylic acid groups (broad SMARTS) is 1. The number of para-hydroxylation sites is 1. The quantitative estimate of drug-likeness (QED) is 0.721. The molecule has 0 aromatic heterocycles. The third-order valence-corrected chi connectivity index (χ3v) is 3.25. The molecule has 1 unspecified atom stereocenters. The van der Waals surface area contributed by atoms with E-state index in [9.17, 15) is 14.7 Å². The van der Waals surface area contributed by atoms with Crippen molar-refractivity contribution < 1.29 is 19.4 Å². The number of rotatable bonds is 8. The molecular formula is C16H21NO4. The van der Waals surface area contributed by atoms with Crippen LogP contribution < -0.4 is 10.1 Å². The highest BCUT2D eigenvalue weighted by Gasteiger charge is 2.26. The van der Waals surface area contributed by atoms with E-state index in [1.54, 1.807) is 37.3 Å². The molecule has 1 aromatic carbocycles. The molecule has 0 aliphatic heterocycles. The van der Waals surface area contributed by atoms with Gasteiger partial charge in [-0.25, -0.2) is 4.79 Å². The van der Waals surface area contributed by atoms with Crippen LogP contribution in [0, 0.1) is 5.92 Å². The summed E-state index contributed by atoms with van der Waals surface area (Å²) in [5, 5.41) is 11.8. The Bertz CT molecular complexity index is 513. The Morgan fingerprint density at radius 2 is 2.10 bits per heavy atom. The second-order valence-corrected chi connectivity index (χ2v) is 4.77. The largest absolute Gasteiger partial charge is 0.489 e. The number of aliphatic carboxylic acids is 1. The molecule has 5 heteroatoms. The van der Waals surface area contributed by atoms with Crippen molar-refractivity contribution in [1.29, 1.82) is 0 Å². The van der Waals surface area contributed by atoms with Crippen molar-refractivity contribution in [2.24, 2.45) is 5.92 Å². The summed E-state index contributed by atoms with van der Waals surface area (Å²) in [4.78, 5) is 23.5. The Hall–Kier alpha value is -2.30. The monoisotopic (exact) mass is 291 g/mol. The van der Waals surface area contributed by atoms with Crippen LogP contribution in [0.25, 0.3) is 0 Å². The molecule has 2 N–H and O–H groups in total. The fraction of sp³-hybridized carbons (Fsp3) is 0.375. The van der Waals surface area contributed by atoms with Gasteiger partial charge in [-0.05, 0) is 18.1 Å². The molecule has 0 radical (unpaired) electrons. The summed E-state index contributed by atoms with van der Waals surface area (Å²) < 4.78 is 5.41. The van der Waals surface area contributed by atoms with Gasteiger partial charge in [-0.1, -0.05) is 45.1 Å². The van der Waals surface area contributed by atoms with Gasteiger partial charge < -0.3 is 15.2 Å². The predicted molar refractivity (Wildman–Crippen MR) is 80.5 cm³/mol. The third-order valence-electron chi connectivity index (χ3n) is 3.25. The number of hydrogen-bond donors (Lipinski definition) is 2. The maximum Gasteiger partial charge on any atom is 0.326 e. The standard InChI is InChI=1S/C16H21NO4/c1-4-10-21-13-9-7-6-8-12(13)15(18)17-14(16(19)20)11(3)5-2/h4,6-9,11,14H,1,5,10H2,2-3H3,(H,17,18)(H,19,20)/t11?,14-/m0/s1. The zero-order valence-corrected chi connectivity index (χ0v) is 12.3. The second-order valence-electron chi connectivity index (χ2n) is 4.77. The summed E-state index contributed by atoms with van der Waals surface area (Å²) in [7, 11) is 0. The molecule has 0 aliphatic carbocycles. The average Bonchev–Trinajstić information content (AvgIpc) is 2.49. The maximum absolute atomic E-state index is 12.3. The number of carbonyl (C=O) groups is 2. The maximum atomic E-state index is 12.3. The first-order valence-electron chi connectivity index (χ1n) is 6.87. The Kier molecular flexibility index (Phi) is 6.46. The van der Waals surface area contributed by atoms with Crippen LogP contribution in [0.1, 0.15) is 30.6 Å². The predicted octanol–water partition coefficient (Wildman–Crippen LogP) is 2.48. The van der Waals surface area contributed by atoms with Crippen LogP contribution in [0.5, 0.6) is 5.75 Å². The number of benzene rings is 1. The van der Waals surface area contributed by atoms with Crippen LogP contribution in [0.15, 0.2) is 36.9 Å². The Labute approximate surface area is 124 Å². The molecule has 0 fully saturated rings. The van der Waals surface area contributed by atoms with Gasteiger partial charge in [0, 0.05) is 0 Å². The van der Waals surface area contributed by atoms with E-state index in [1.807, 2.05) is 6.92 Å². The Balaban J connectivity index is 2.92.